The zero-order valence-corrected chi connectivity index (χ0v) is 12.3. The molecule has 2 heterocycles. The Morgan fingerprint density at radius 1 is 1.26 bits per heavy atom. The Hall–Kier alpha value is -1.96. The van der Waals surface area contributed by atoms with Gasteiger partial charge in [0.05, 0.1) is 12.1 Å². The first kappa shape index (κ1) is 15.9. The van der Waals surface area contributed by atoms with Crippen LogP contribution in [0.2, 0.25) is 0 Å². The van der Waals surface area contributed by atoms with Crippen molar-refractivity contribution in [3.63, 3.8) is 0 Å². The van der Waals surface area contributed by atoms with Crippen LogP contribution in [0.3, 0.4) is 0 Å². The van der Waals surface area contributed by atoms with E-state index in [4.69, 9.17) is 0 Å². The number of hydrogen-bond donors (Lipinski definition) is 1. The second-order valence-electron chi connectivity index (χ2n) is 5.77. The van der Waals surface area contributed by atoms with Gasteiger partial charge in [-0.1, -0.05) is 0 Å². The fraction of sp³-hybridized carbons (Fsp3) is 0.467. The van der Waals surface area contributed by atoms with Crippen molar-refractivity contribution in [3.8, 4) is 0 Å². The van der Waals surface area contributed by atoms with Crippen molar-refractivity contribution in [1.82, 2.24) is 14.9 Å². The van der Waals surface area contributed by atoms with Gasteiger partial charge in [0.2, 0.25) is 0 Å². The van der Waals surface area contributed by atoms with E-state index in [1.807, 2.05) is 0 Å². The highest BCUT2D eigenvalue weighted by Crippen LogP contribution is 2.24. The minimum Gasteiger partial charge on any atom is -0.369 e. The molecule has 0 bridgehead atoms. The smallest absolute Gasteiger partial charge is 0.369 e. The zero-order chi connectivity index (χ0) is 16.4. The van der Waals surface area contributed by atoms with Gasteiger partial charge in [-0.3, -0.25) is 4.90 Å². The monoisotopic (exact) mass is 328 g/mol. The molecule has 1 aromatic carbocycles. The van der Waals surface area contributed by atoms with Crippen LogP contribution in [-0.2, 0) is 0 Å². The number of hydrogen-bond acceptors (Lipinski definition) is 4. The summed E-state index contributed by atoms with van der Waals surface area (Å²) in [5.74, 6) is 0.229. The number of fused-ring (bicyclic) bond motifs is 1. The van der Waals surface area contributed by atoms with E-state index in [-0.39, 0.29) is 11.7 Å². The summed E-state index contributed by atoms with van der Waals surface area (Å²) < 4.78 is 50.5. The molecule has 1 saturated heterocycles. The van der Waals surface area contributed by atoms with E-state index in [9.17, 15) is 17.6 Å². The molecule has 8 heteroatoms. The number of benzene rings is 1. The van der Waals surface area contributed by atoms with Crippen LogP contribution in [-0.4, -0.2) is 47.2 Å². The third-order valence-corrected chi connectivity index (χ3v) is 3.93. The number of anilines is 1. The summed E-state index contributed by atoms with van der Waals surface area (Å²) in [6.45, 7) is 0.455. The molecule has 0 unspecified atom stereocenters. The van der Waals surface area contributed by atoms with Crippen LogP contribution in [0.25, 0.3) is 10.9 Å². The first-order valence-corrected chi connectivity index (χ1v) is 7.34. The number of nitrogens with one attached hydrogen (secondary N) is 1. The second kappa shape index (κ2) is 6.27. The summed E-state index contributed by atoms with van der Waals surface area (Å²) in [6.07, 6.45) is -2.09. The SMILES string of the molecule is Fc1ccc2ncnc(NC[C@H]3CCN(CC(F)(F)F)C3)c2c1. The molecule has 2 aromatic rings. The number of rotatable bonds is 4. The minimum atomic E-state index is -4.16. The number of alkyl halides is 3. The highest BCUT2D eigenvalue weighted by Gasteiger charge is 2.34. The minimum absolute atomic E-state index is 0.107. The average Bonchev–Trinajstić information content (AvgIpc) is 2.90. The van der Waals surface area contributed by atoms with Gasteiger partial charge in [-0.25, -0.2) is 14.4 Å². The van der Waals surface area contributed by atoms with Crippen LogP contribution in [0.1, 0.15) is 6.42 Å². The molecule has 1 aromatic heterocycles. The van der Waals surface area contributed by atoms with Crippen LogP contribution in [0.15, 0.2) is 24.5 Å². The molecule has 1 N–H and O–H groups in total. The van der Waals surface area contributed by atoms with Crippen molar-refractivity contribution in [2.24, 2.45) is 5.92 Å². The Labute approximate surface area is 130 Å². The summed E-state index contributed by atoms with van der Waals surface area (Å²) in [5.41, 5.74) is 0.619. The molecular weight excluding hydrogens is 312 g/mol. The third-order valence-electron chi connectivity index (χ3n) is 3.93. The predicted molar refractivity (Wildman–Crippen MR) is 78.6 cm³/mol. The molecule has 0 radical (unpaired) electrons. The lowest BCUT2D eigenvalue weighted by atomic mass is 10.1. The Morgan fingerprint density at radius 3 is 2.87 bits per heavy atom. The van der Waals surface area contributed by atoms with Crippen LogP contribution in [0.4, 0.5) is 23.4 Å². The molecule has 1 aliphatic rings. The number of halogens is 4. The van der Waals surface area contributed by atoms with E-state index in [1.165, 1.54) is 23.4 Å². The fourth-order valence-electron chi connectivity index (χ4n) is 2.89. The lowest BCUT2D eigenvalue weighted by Crippen LogP contribution is -2.33. The largest absolute Gasteiger partial charge is 0.401 e. The number of likely N-dealkylation sites (tertiary alicyclic amines) is 1. The fourth-order valence-corrected chi connectivity index (χ4v) is 2.89. The van der Waals surface area contributed by atoms with Crippen molar-refractivity contribution in [2.45, 2.75) is 12.6 Å². The molecule has 1 atom stereocenters. The molecule has 0 aliphatic carbocycles. The van der Waals surface area contributed by atoms with Crippen LogP contribution in [0.5, 0.6) is 0 Å². The summed E-state index contributed by atoms with van der Waals surface area (Å²) in [4.78, 5) is 9.58. The predicted octanol–water partition coefficient (Wildman–Crippen LogP) is 3.07. The zero-order valence-electron chi connectivity index (χ0n) is 12.3. The van der Waals surface area contributed by atoms with Crippen molar-refractivity contribution in [2.75, 3.05) is 31.5 Å². The molecule has 23 heavy (non-hydrogen) atoms. The van der Waals surface area contributed by atoms with Crippen molar-refractivity contribution >= 4 is 16.7 Å². The van der Waals surface area contributed by atoms with E-state index in [0.717, 1.165) is 0 Å². The number of nitrogens with zero attached hydrogens (tertiary/aromatic N) is 3. The third kappa shape index (κ3) is 4.07. The maximum absolute atomic E-state index is 13.4. The van der Waals surface area contributed by atoms with Gasteiger partial charge in [0.15, 0.2) is 0 Å². The normalized spacial score (nSPS) is 19.4. The Balaban J connectivity index is 1.62. The van der Waals surface area contributed by atoms with Crippen LogP contribution >= 0.6 is 0 Å². The quantitative estimate of drug-likeness (QED) is 0.876. The molecule has 1 fully saturated rings. The van der Waals surface area contributed by atoms with Crippen LogP contribution < -0.4 is 5.32 Å². The molecule has 124 valence electrons. The summed E-state index contributed by atoms with van der Waals surface area (Å²) in [7, 11) is 0. The van der Waals surface area contributed by atoms with Gasteiger partial charge in [0, 0.05) is 18.5 Å². The first-order valence-electron chi connectivity index (χ1n) is 7.34. The van der Waals surface area contributed by atoms with E-state index in [2.05, 4.69) is 15.3 Å². The highest BCUT2D eigenvalue weighted by molar-refractivity contribution is 5.88. The Kier molecular flexibility index (Phi) is 4.34. The Morgan fingerprint density at radius 2 is 2.09 bits per heavy atom. The first-order chi connectivity index (χ1) is 10.9. The lowest BCUT2D eigenvalue weighted by molar-refractivity contribution is -0.143. The second-order valence-corrected chi connectivity index (χ2v) is 5.77. The molecular formula is C15H16F4N4. The molecule has 0 amide bonds. The highest BCUT2D eigenvalue weighted by atomic mass is 19.4. The van der Waals surface area contributed by atoms with Gasteiger partial charge in [-0.2, -0.15) is 13.2 Å². The van der Waals surface area contributed by atoms with E-state index >= 15 is 0 Å². The topological polar surface area (TPSA) is 41.1 Å². The van der Waals surface area contributed by atoms with Gasteiger partial charge in [0.25, 0.3) is 0 Å². The molecule has 4 nitrogen and oxygen atoms in total. The summed E-state index contributed by atoms with van der Waals surface area (Å²) >= 11 is 0. The van der Waals surface area contributed by atoms with Gasteiger partial charge in [-0.15, -0.1) is 0 Å². The average molecular weight is 328 g/mol. The maximum Gasteiger partial charge on any atom is 0.401 e. The molecule has 0 saturated carbocycles. The van der Waals surface area contributed by atoms with Gasteiger partial charge in [0.1, 0.15) is 18.0 Å². The number of aromatic nitrogens is 2. The maximum atomic E-state index is 13.4. The van der Waals surface area contributed by atoms with E-state index in [0.29, 0.717) is 42.8 Å². The van der Waals surface area contributed by atoms with Gasteiger partial charge >= 0.3 is 6.18 Å². The van der Waals surface area contributed by atoms with Gasteiger partial charge < -0.3 is 5.32 Å². The standard InChI is InChI=1S/C15H16F4N4/c16-11-1-2-13-12(5-11)14(22-9-21-13)20-6-10-3-4-23(7-10)8-15(17,18)19/h1-2,5,9-10H,3-4,6-8H2,(H,20,21,22)/t10-/m1/s1. The molecule has 0 spiro atoms. The lowest BCUT2D eigenvalue weighted by Gasteiger charge is -2.18. The van der Waals surface area contributed by atoms with E-state index in [1.54, 1.807) is 6.07 Å². The summed E-state index contributed by atoms with van der Waals surface area (Å²) in [6, 6.07) is 4.24. The van der Waals surface area contributed by atoms with E-state index < -0.39 is 12.7 Å². The molecule has 1 aliphatic heterocycles. The van der Waals surface area contributed by atoms with Crippen molar-refractivity contribution in [1.29, 1.82) is 0 Å². The molecule has 3 rings (SSSR count). The van der Waals surface area contributed by atoms with Crippen LogP contribution in [0, 0.1) is 11.7 Å². The van der Waals surface area contributed by atoms with Crippen molar-refractivity contribution < 1.29 is 17.6 Å². The van der Waals surface area contributed by atoms with Crippen molar-refractivity contribution in [3.05, 3.63) is 30.3 Å². The van der Waals surface area contributed by atoms with Gasteiger partial charge in [-0.05, 0) is 37.1 Å². The Bertz CT molecular complexity index is 689. The summed E-state index contributed by atoms with van der Waals surface area (Å²) in [5, 5.41) is 3.68.